The lowest BCUT2D eigenvalue weighted by Gasteiger charge is -2.17. The number of rotatable bonds is 4. The average molecular weight is 300 g/mol. The summed E-state index contributed by atoms with van der Waals surface area (Å²) in [5, 5.41) is 22.6. The lowest BCUT2D eigenvalue weighted by molar-refractivity contribution is -0.386. The largest absolute Gasteiger partial charge is 0.273 e. The second kappa shape index (κ2) is 5.93. The average Bonchev–Trinajstić information content (AvgIpc) is 2.45. The van der Waals surface area contributed by atoms with Gasteiger partial charge in [-0.25, -0.2) is 0 Å². The van der Waals surface area contributed by atoms with E-state index in [-0.39, 0.29) is 11.4 Å². The fraction of sp³-hybridized carbons (Fsp3) is 0.250. The van der Waals surface area contributed by atoms with Gasteiger partial charge in [-0.15, -0.1) is 0 Å². The Labute approximate surface area is 127 Å². The third-order valence-corrected chi connectivity index (χ3v) is 3.86. The van der Waals surface area contributed by atoms with E-state index in [0.717, 1.165) is 11.1 Å². The molecule has 0 aliphatic rings. The number of nitrogens with zero attached hydrogens (tertiary/aromatic N) is 2. The highest BCUT2D eigenvalue weighted by Gasteiger charge is 2.28. The Morgan fingerprint density at radius 3 is 1.50 bits per heavy atom. The predicted octanol–water partition coefficient (Wildman–Crippen LogP) is 4.27. The lowest BCUT2D eigenvalue weighted by Crippen LogP contribution is -2.08. The Morgan fingerprint density at radius 1 is 0.818 bits per heavy atom. The number of nitro benzene ring substituents is 2. The molecule has 0 bridgehead atoms. The molecule has 0 amide bonds. The summed E-state index contributed by atoms with van der Waals surface area (Å²) in [5.74, 6) is -0.441. The standard InChI is InChI=1S/C16H16N2O4/c1-10-6-4-8-13(17(19)20)15(10)12(3)16-11(2)7-5-9-14(16)18(21)22/h4-9,12H,1-3H3. The van der Waals surface area contributed by atoms with Crippen molar-refractivity contribution in [1.82, 2.24) is 0 Å². The first-order valence-electron chi connectivity index (χ1n) is 6.82. The van der Waals surface area contributed by atoms with Crippen LogP contribution in [0.5, 0.6) is 0 Å². The molecule has 0 aromatic heterocycles. The van der Waals surface area contributed by atoms with Crippen LogP contribution in [0.2, 0.25) is 0 Å². The van der Waals surface area contributed by atoms with E-state index in [2.05, 4.69) is 0 Å². The fourth-order valence-corrected chi connectivity index (χ4v) is 2.92. The Bertz CT molecular complexity index is 692. The molecule has 0 radical (unpaired) electrons. The van der Waals surface area contributed by atoms with E-state index in [1.807, 2.05) is 0 Å². The summed E-state index contributed by atoms with van der Waals surface area (Å²) in [6, 6.07) is 9.67. The molecular formula is C16H16N2O4. The molecule has 0 spiro atoms. The summed E-state index contributed by atoms with van der Waals surface area (Å²) < 4.78 is 0. The summed E-state index contributed by atoms with van der Waals surface area (Å²) in [7, 11) is 0. The molecule has 114 valence electrons. The molecule has 6 heteroatoms. The molecule has 0 fully saturated rings. The van der Waals surface area contributed by atoms with Gasteiger partial charge in [-0.05, 0) is 25.0 Å². The summed E-state index contributed by atoms with van der Waals surface area (Å²) in [4.78, 5) is 21.7. The minimum absolute atomic E-state index is 0.00921. The summed E-state index contributed by atoms with van der Waals surface area (Å²) in [6.45, 7) is 5.33. The highest BCUT2D eigenvalue weighted by Crippen LogP contribution is 2.39. The molecule has 0 saturated carbocycles. The predicted molar refractivity (Wildman–Crippen MR) is 83.2 cm³/mol. The van der Waals surface area contributed by atoms with E-state index >= 15 is 0 Å². The third kappa shape index (κ3) is 2.67. The monoisotopic (exact) mass is 300 g/mol. The SMILES string of the molecule is Cc1cccc([N+](=O)[O-])c1C(C)c1c(C)cccc1[N+](=O)[O-]. The first-order chi connectivity index (χ1) is 10.3. The van der Waals surface area contributed by atoms with Gasteiger partial charge >= 0.3 is 0 Å². The van der Waals surface area contributed by atoms with Crippen molar-refractivity contribution in [2.45, 2.75) is 26.7 Å². The molecule has 0 atom stereocenters. The van der Waals surface area contributed by atoms with Crippen LogP contribution in [-0.2, 0) is 0 Å². The van der Waals surface area contributed by atoms with Crippen LogP contribution >= 0.6 is 0 Å². The van der Waals surface area contributed by atoms with Gasteiger partial charge < -0.3 is 0 Å². The van der Waals surface area contributed by atoms with Crippen LogP contribution in [0.4, 0.5) is 11.4 Å². The molecule has 2 aromatic rings. The Kier molecular flexibility index (Phi) is 4.21. The van der Waals surface area contributed by atoms with E-state index in [4.69, 9.17) is 0 Å². The van der Waals surface area contributed by atoms with E-state index in [1.165, 1.54) is 12.1 Å². The first-order valence-corrected chi connectivity index (χ1v) is 6.82. The van der Waals surface area contributed by atoms with Crippen molar-refractivity contribution in [1.29, 1.82) is 0 Å². The van der Waals surface area contributed by atoms with Gasteiger partial charge in [0.05, 0.1) is 9.85 Å². The van der Waals surface area contributed by atoms with Crippen LogP contribution in [0.1, 0.15) is 35.1 Å². The smallest absolute Gasteiger partial charge is 0.258 e. The Morgan fingerprint density at radius 2 is 1.18 bits per heavy atom. The van der Waals surface area contributed by atoms with Gasteiger partial charge in [0.2, 0.25) is 0 Å². The molecular weight excluding hydrogens is 284 g/mol. The molecule has 0 aliphatic heterocycles. The van der Waals surface area contributed by atoms with E-state index in [1.54, 1.807) is 45.0 Å². The minimum Gasteiger partial charge on any atom is -0.258 e. The maximum atomic E-state index is 11.3. The molecule has 0 N–H and O–H groups in total. The third-order valence-electron chi connectivity index (χ3n) is 3.86. The van der Waals surface area contributed by atoms with Crippen LogP contribution in [0.15, 0.2) is 36.4 Å². The Balaban J connectivity index is 2.71. The maximum absolute atomic E-state index is 11.3. The highest BCUT2D eigenvalue weighted by molar-refractivity contribution is 5.56. The van der Waals surface area contributed by atoms with E-state index < -0.39 is 15.8 Å². The van der Waals surface area contributed by atoms with Gasteiger partial charge in [0.15, 0.2) is 0 Å². The molecule has 0 aliphatic carbocycles. The Hall–Kier alpha value is -2.76. The molecule has 0 unspecified atom stereocenters. The number of benzene rings is 2. The summed E-state index contributed by atoms with van der Waals surface area (Å²) >= 11 is 0. The van der Waals surface area contributed by atoms with Gasteiger partial charge in [-0.2, -0.15) is 0 Å². The van der Waals surface area contributed by atoms with Gasteiger partial charge in [0.1, 0.15) is 0 Å². The van der Waals surface area contributed by atoms with Crippen molar-refractivity contribution in [3.8, 4) is 0 Å². The first kappa shape index (κ1) is 15.6. The topological polar surface area (TPSA) is 86.3 Å². The van der Waals surface area contributed by atoms with Crippen molar-refractivity contribution >= 4 is 11.4 Å². The van der Waals surface area contributed by atoms with Crippen LogP contribution in [0.25, 0.3) is 0 Å². The van der Waals surface area contributed by atoms with Crippen LogP contribution in [-0.4, -0.2) is 9.85 Å². The zero-order valence-corrected chi connectivity index (χ0v) is 12.6. The zero-order chi connectivity index (χ0) is 16.4. The second-order valence-corrected chi connectivity index (χ2v) is 5.25. The summed E-state index contributed by atoms with van der Waals surface area (Å²) in [5.41, 5.74) is 2.52. The van der Waals surface area contributed by atoms with Gasteiger partial charge in [0, 0.05) is 29.2 Å². The molecule has 0 saturated heterocycles. The van der Waals surface area contributed by atoms with E-state index in [0.29, 0.717) is 11.1 Å². The maximum Gasteiger partial charge on any atom is 0.273 e. The normalized spacial score (nSPS) is 10.7. The molecule has 2 rings (SSSR count). The van der Waals surface area contributed by atoms with Crippen LogP contribution in [0, 0.1) is 34.1 Å². The van der Waals surface area contributed by atoms with Crippen LogP contribution < -0.4 is 0 Å². The van der Waals surface area contributed by atoms with Crippen molar-refractivity contribution in [3.05, 3.63) is 78.9 Å². The van der Waals surface area contributed by atoms with Crippen molar-refractivity contribution < 1.29 is 9.85 Å². The second-order valence-electron chi connectivity index (χ2n) is 5.25. The number of hydrogen-bond donors (Lipinski definition) is 0. The fourth-order valence-electron chi connectivity index (χ4n) is 2.92. The van der Waals surface area contributed by atoms with Crippen LogP contribution in [0.3, 0.4) is 0 Å². The van der Waals surface area contributed by atoms with Gasteiger partial charge in [-0.3, -0.25) is 20.2 Å². The van der Waals surface area contributed by atoms with Gasteiger partial charge in [-0.1, -0.05) is 31.2 Å². The number of nitro groups is 2. The molecule has 6 nitrogen and oxygen atoms in total. The quantitative estimate of drug-likeness (QED) is 0.623. The summed E-state index contributed by atoms with van der Waals surface area (Å²) in [6.07, 6.45) is 0. The minimum atomic E-state index is -0.442. The van der Waals surface area contributed by atoms with Crippen molar-refractivity contribution in [2.75, 3.05) is 0 Å². The van der Waals surface area contributed by atoms with Crippen molar-refractivity contribution in [3.63, 3.8) is 0 Å². The number of aryl methyl sites for hydroxylation is 2. The number of hydrogen-bond acceptors (Lipinski definition) is 4. The highest BCUT2D eigenvalue weighted by atomic mass is 16.6. The van der Waals surface area contributed by atoms with Gasteiger partial charge in [0.25, 0.3) is 11.4 Å². The molecule has 22 heavy (non-hydrogen) atoms. The molecule has 0 heterocycles. The molecule has 2 aromatic carbocycles. The zero-order valence-electron chi connectivity index (χ0n) is 12.6. The lowest BCUT2D eigenvalue weighted by atomic mass is 9.85. The van der Waals surface area contributed by atoms with E-state index in [9.17, 15) is 20.2 Å². The van der Waals surface area contributed by atoms with Crippen molar-refractivity contribution in [2.24, 2.45) is 0 Å².